The molecular weight excluding hydrogens is 306 g/mol. The van der Waals surface area contributed by atoms with Gasteiger partial charge in [-0.05, 0) is 37.1 Å². The number of hydrogen-bond donors (Lipinski definition) is 1. The van der Waals surface area contributed by atoms with Crippen LogP contribution in [0.4, 0.5) is 10.5 Å². The van der Waals surface area contributed by atoms with Crippen LogP contribution in [0.5, 0.6) is 0 Å². The first-order valence-electron chi connectivity index (χ1n) is 8.12. The molecule has 0 spiro atoms. The summed E-state index contributed by atoms with van der Waals surface area (Å²) in [5, 5.41) is 0. The van der Waals surface area contributed by atoms with Crippen LogP contribution >= 0.6 is 0 Å². The molecule has 2 N–H and O–H groups in total. The molecule has 4 rings (SSSR count). The van der Waals surface area contributed by atoms with Crippen molar-refractivity contribution in [3.05, 3.63) is 53.2 Å². The smallest absolute Gasteiger partial charge is 0.324 e. The molecule has 1 aromatic carbocycles. The molecule has 3 heterocycles. The summed E-state index contributed by atoms with van der Waals surface area (Å²) in [6, 6.07) is 7.55. The summed E-state index contributed by atoms with van der Waals surface area (Å²) in [6.07, 6.45) is 6.39. The second-order valence-electron chi connectivity index (χ2n) is 6.26. The summed E-state index contributed by atoms with van der Waals surface area (Å²) in [4.78, 5) is 31.9. The second-order valence-corrected chi connectivity index (χ2v) is 6.26. The summed E-state index contributed by atoms with van der Waals surface area (Å²) < 4.78 is 1.52. The van der Waals surface area contributed by atoms with E-state index in [0.29, 0.717) is 6.54 Å². The Bertz CT molecular complexity index is 816. The summed E-state index contributed by atoms with van der Waals surface area (Å²) in [5.41, 5.74) is 7.55. The quantitative estimate of drug-likeness (QED) is 0.891. The number of amides is 2. The first-order valence-corrected chi connectivity index (χ1v) is 8.12. The summed E-state index contributed by atoms with van der Waals surface area (Å²) in [5.74, 6) is 0. The van der Waals surface area contributed by atoms with E-state index in [0.717, 1.165) is 30.8 Å². The fourth-order valence-corrected chi connectivity index (χ4v) is 3.55. The number of hydrogen-bond acceptors (Lipinski definition) is 4. The van der Waals surface area contributed by atoms with Crippen molar-refractivity contribution in [3.8, 4) is 5.69 Å². The van der Waals surface area contributed by atoms with Crippen LogP contribution in [0, 0.1) is 0 Å². The molecular formula is C17H19N5O2. The van der Waals surface area contributed by atoms with Crippen molar-refractivity contribution < 1.29 is 4.79 Å². The lowest BCUT2D eigenvalue weighted by molar-refractivity contribution is 0.175. The average Bonchev–Trinajstić information content (AvgIpc) is 2.94. The molecule has 7 heteroatoms. The molecule has 0 bridgehead atoms. The van der Waals surface area contributed by atoms with Gasteiger partial charge in [-0.2, -0.15) is 0 Å². The van der Waals surface area contributed by atoms with E-state index >= 15 is 0 Å². The van der Waals surface area contributed by atoms with Gasteiger partial charge in [-0.15, -0.1) is 0 Å². The minimum atomic E-state index is -0.189. The van der Waals surface area contributed by atoms with Crippen molar-refractivity contribution >= 4 is 11.7 Å². The van der Waals surface area contributed by atoms with Crippen LogP contribution in [0.25, 0.3) is 5.69 Å². The van der Waals surface area contributed by atoms with Gasteiger partial charge in [0.05, 0.1) is 12.2 Å². The highest BCUT2D eigenvalue weighted by molar-refractivity contribution is 5.95. The third-order valence-electron chi connectivity index (χ3n) is 4.84. The number of anilines is 1. The number of piperidine rings is 1. The van der Waals surface area contributed by atoms with E-state index < -0.39 is 0 Å². The number of rotatable bonds is 2. The van der Waals surface area contributed by atoms with Gasteiger partial charge >= 0.3 is 6.03 Å². The Balaban J connectivity index is 1.61. The fourth-order valence-electron chi connectivity index (χ4n) is 3.55. The number of fused-ring (bicyclic) bond motifs is 1. The van der Waals surface area contributed by atoms with Gasteiger partial charge in [-0.1, -0.05) is 0 Å². The van der Waals surface area contributed by atoms with Crippen LogP contribution in [0.15, 0.2) is 47.7 Å². The molecule has 24 heavy (non-hydrogen) atoms. The van der Waals surface area contributed by atoms with E-state index in [2.05, 4.69) is 4.98 Å². The van der Waals surface area contributed by atoms with Crippen molar-refractivity contribution in [2.45, 2.75) is 24.9 Å². The van der Waals surface area contributed by atoms with Crippen molar-refractivity contribution in [2.75, 3.05) is 18.0 Å². The van der Waals surface area contributed by atoms with E-state index in [1.54, 1.807) is 17.3 Å². The molecule has 1 aromatic heterocycles. The molecule has 2 aliphatic rings. The molecule has 0 saturated carbocycles. The predicted octanol–water partition coefficient (Wildman–Crippen LogP) is 0.964. The normalized spacial score (nSPS) is 23.5. The zero-order valence-corrected chi connectivity index (χ0v) is 13.2. The summed E-state index contributed by atoms with van der Waals surface area (Å²) in [6.45, 7) is 1.40. The molecule has 0 aliphatic carbocycles. The standard InChI is InChI=1S/C17H19N5O2/c18-14-2-1-8-21-15(14)11-22(17(21)24)13-5-3-12(4-6-13)20-9-7-19-10-16(20)23/h3-7,9-10,14-15H,1-2,8,11,18H2/t14-,15-/m1/s1. The molecule has 2 aromatic rings. The van der Waals surface area contributed by atoms with Gasteiger partial charge < -0.3 is 10.6 Å². The van der Waals surface area contributed by atoms with Gasteiger partial charge in [0.15, 0.2) is 0 Å². The zero-order valence-electron chi connectivity index (χ0n) is 13.2. The van der Waals surface area contributed by atoms with Crippen molar-refractivity contribution in [2.24, 2.45) is 5.73 Å². The van der Waals surface area contributed by atoms with Gasteiger partial charge in [-0.3, -0.25) is 19.2 Å². The lowest BCUT2D eigenvalue weighted by Crippen LogP contribution is -2.50. The maximum Gasteiger partial charge on any atom is 0.324 e. The summed E-state index contributed by atoms with van der Waals surface area (Å²) in [7, 11) is 0. The maximum absolute atomic E-state index is 12.6. The van der Waals surface area contributed by atoms with Crippen LogP contribution in [0.2, 0.25) is 0 Å². The lowest BCUT2D eigenvalue weighted by atomic mass is 9.99. The molecule has 0 radical (unpaired) electrons. The molecule has 0 unspecified atom stereocenters. The Morgan fingerprint density at radius 2 is 1.88 bits per heavy atom. The van der Waals surface area contributed by atoms with Gasteiger partial charge in [0.25, 0.3) is 5.56 Å². The highest BCUT2D eigenvalue weighted by Crippen LogP contribution is 2.29. The minimum Gasteiger partial charge on any atom is -0.326 e. The average molecular weight is 325 g/mol. The molecule has 2 fully saturated rings. The van der Waals surface area contributed by atoms with Crippen molar-refractivity contribution in [3.63, 3.8) is 0 Å². The predicted molar refractivity (Wildman–Crippen MR) is 90.3 cm³/mol. The first kappa shape index (κ1) is 14.9. The highest BCUT2D eigenvalue weighted by atomic mass is 16.2. The number of carbonyl (C=O) groups excluding carboxylic acids is 1. The Morgan fingerprint density at radius 3 is 2.58 bits per heavy atom. The molecule has 2 saturated heterocycles. The first-order chi connectivity index (χ1) is 11.6. The van der Waals surface area contributed by atoms with Crippen LogP contribution in [0.3, 0.4) is 0 Å². The topological polar surface area (TPSA) is 84.5 Å². The zero-order chi connectivity index (χ0) is 16.7. The number of urea groups is 1. The maximum atomic E-state index is 12.6. The Labute approximate surface area is 139 Å². The Morgan fingerprint density at radius 1 is 1.12 bits per heavy atom. The number of aromatic nitrogens is 2. The van der Waals surface area contributed by atoms with Crippen LogP contribution in [-0.4, -0.2) is 45.7 Å². The third-order valence-corrected chi connectivity index (χ3v) is 4.84. The van der Waals surface area contributed by atoms with Crippen molar-refractivity contribution in [1.82, 2.24) is 14.5 Å². The van der Waals surface area contributed by atoms with E-state index in [-0.39, 0.29) is 23.7 Å². The van der Waals surface area contributed by atoms with Crippen LogP contribution in [0.1, 0.15) is 12.8 Å². The van der Waals surface area contributed by atoms with Gasteiger partial charge in [0.2, 0.25) is 0 Å². The highest BCUT2D eigenvalue weighted by Gasteiger charge is 2.42. The number of benzene rings is 1. The van der Waals surface area contributed by atoms with Gasteiger partial charge in [0.1, 0.15) is 0 Å². The Kier molecular flexibility index (Phi) is 3.57. The van der Waals surface area contributed by atoms with Gasteiger partial charge in [-0.25, -0.2) is 4.79 Å². The molecule has 7 nitrogen and oxygen atoms in total. The minimum absolute atomic E-state index is 0.0176. The number of nitrogens with zero attached hydrogens (tertiary/aromatic N) is 4. The van der Waals surface area contributed by atoms with E-state index in [9.17, 15) is 9.59 Å². The lowest BCUT2D eigenvalue weighted by Gasteiger charge is -2.32. The summed E-state index contributed by atoms with van der Waals surface area (Å²) >= 11 is 0. The Hall–Kier alpha value is -2.67. The molecule has 124 valence electrons. The van der Waals surface area contributed by atoms with E-state index in [1.165, 1.54) is 10.8 Å². The molecule has 2 atom stereocenters. The van der Waals surface area contributed by atoms with Gasteiger partial charge in [0, 0.05) is 42.9 Å². The molecule has 2 amide bonds. The third kappa shape index (κ3) is 2.37. The largest absolute Gasteiger partial charge is 0.326 e. The fraction of sp³-hybridized carbons (Fsp3) is 0.353. The van der Waals surface area contributed by atoms with Crippen molar-refractivity contribution in [1.29, 1.82) is 0 Å². The molecule has 2 aliphatic heterocycles. The number of carbonyl (C=O) groups is 1. The van der Waals surface area contributed by atoms with Crippen LogP contribution < -0.4 is 16.2 Å². The van der Waals surface area contributed by atoms with E-state index in [1.807, 2.05) is 29.2 Å². The second kappa shape index (κ2) is 5.76. The van der Waals surface area contributed by atoms with Crippen LogP contribution in [-0.2, 0) is 0 Å². The van der Waals surface area contributed by atoms with E-state index in [4.69, 9.17) is 5.73 Å². The SMILES string of the molecule is N[C@@H]1CCCN2C(=O)N(c3ccc(-n4ccncc4=O)cc3)C[C@H]12. The monoisotopic (exact) mass is 325 g/mol. The number of nitrogens with two attached hydrogens (primary N) is 1.